The lowest BCUT2D eigenvalue weighted by Gasteiger charge is -2.16. The first-order valence-electron chi connectivity index (χ1n) is 4.14. The third kappa shape index (κ3) is 4.83. The third-order valence-corrected chi connectivity index (χ3v) is 1.98. The summed E-state index contributed by atoms with van der Waals surface area (Å²) in [6.45, 7) is 4.38. The Labute approximate surface area is 69.5 Å². The van der Waals surface area contributed by atoms with E-state index in [-0.39, 0.29) is 6.04 Å². The van der Waals surface area contributed by atoms with E-state index in [0.717, 1.165) is 12.8 Å². The van der Waals surface area contributed by atoms with Gasteiger partial charge in [-0.3, -0.25) is 11.3 Å². The van der Waals surface area contributed by atoms with Crippen molar-refractivity contribution in [3.05, 3.63) is 0 Å². The smallest absolute Gasteiger partial charge is 0.0322 e. The number of hydrazine groups is 1. The second kappa shape index (κ2) is 6.21. The summed E-state index contributed by atoms with van der Waals surface area (Å²) in [5, 5.41) is 0. The Balaban J connectivity index is 3.60. The first-order valence-corrected chi connectivity index (χ1v) is 4.14. The van der Waals surface area contributed by atoms with Gasteiger partial charge >= 0.3 is 0 Å². The van der Waals surface area contributed by atoms with Gasteiger partial charge < -0.3 is 0 Å². The van der Waals surface area contributed by atoms with Gasteiger partial charge in [-0.2, -0.15) is 0 Å². The molecule has 0 aliphatic rings. The molecule has 2 atom stereocenters. The van der Waals surface area contributed by atoms with Crippen LogP contribution in [0, 0.1) is 18.3 Å². The normalized spacial score (nSPS) is 15.5. The van der Waals surface area contributed by atoms with Gasteiger partial charge in [0.2, 0.25) is 0 Å². The van der Waals surface area contributed by atoms with Gasteiger partial charge in [-0.15, -0.1) is 12.3 Å². The Kier molecular flexibility index (Phi) is 5.91. The monoisotopic (exact) mass is 154 g/mol. The molecule has 0 amide bonds. The number of hydrogen-bond donors (Lipinski definition) is 2. The predicted octanol–water partition coefficient (Wildman–Crippen LogP) is 1.28. The summed E-state index contributed by atoms with van der Waals surface area (Å²) in [6, 6.07) is 0.287. The Morgan fingerprint density at radius 1 is 1.64 bits per heavy atom. The lowest BCUT2D eigenvalue weighted by atomic mass is 9.98. The van der Waals surface area contributed by atoms with Crippen LogP contribution in [0.15, 0.2) is 0 Å². The van der Waals surface area contributed by atoms with E-state index in [9.17, 15) is 0 Å². The fourth-order valence-electron chi connectivity index (χ4n) is 1.00. The minimum atomic E-state index is 0.287. The summed E-state index contributed by atoms with van der Waals surface area (Å²) in [6.07, 6.45) is 8.15. The summed E-state index contributed by atoms with van der Waals surface area (Å²) in [7, 11) is 0. The molecule has 0 radical (unpaired) electrons. The van der Waals surface area contributed by atoms with E-state index in [1.165, 1.54) is 6.42 Å². The molecule has 0 aliphatic heterocycles. The molecule has 11 heavy (non-hydrogen) atoms. The van der Waals surface area contributed by atoms with Crippen molar-refractivity contribution in [2.75, 3.05) is 0 Å². The molecule has 0 saturated heterocycles. The quantitative estimate of drug-likeness (QED) is 0.355. The number of hydrogen-bond acceptors (Lipinski definition) is 2. The van der Waals surface area contributed by atoms with Gasteiger partial charge in [0.25, 0.3) is 0 Å². The zero-order chi connectivity index (χ0) is 8.69. The van der Waals surface area contributed by atoms with Crippen molar-refractivity contribution in [1.29, 1.82) is 0 Å². The van der Waals surface area contributed by atoms with Crippen LogP contribution in [-0.4, -0.2) is 6.04 Å². The van der Waals surface area contributed by atoms with Crippen molar-refractivity contribution < 1.29 is 0 Å². The highest BCUT2D eigenvalue weighted by atomic mass is 15.2. The Morgan fingerprint density at radius 3 is 2.64 bits per heavy atom. The predicted molar refractivity (Wildman–Crippen MR) is 48.6 cm³/mol. The average Bonchev–Trinajstić information content (AvgIpc) is 2.03. The van der Waals surface area contributed by atoms with Crippen molar-refractivity contribution in [2.45, 2.75) is 39.2 Å². The summed E-state index contributed by atoms with van der Waals surface area (Å²) in [4.78, 5) is 0. The Hall–Kier alpha value is -0.520. The van der Waals surface area contributed by atoms with Crippen molar-refractivity contribution in [3.8, 4) is 12.3 Å². The molecule has 0 bridgehead atoms. The minimum Gasteiger partial charge on any atom is -0.271 e. The maximum Gasteiger partial charge on any atom is 0.0322 e. The molecule has 0 spiro atoms. The minimum absolute atomic E-state index is 0.287. The summed E-state index contributed by atoms with van der Waals surface area (Å²) in [5.74, 6) is 8.62. The zero-order valence-electron chi connectivity index (χ0n) is 7.43. The van der Waals surface area contributed by atoms with Crippen molar-refractivity contribution in [3.63, 3.8) is 0 Å². The summed E-state index contributed by atoms with van der Waals surface area (Å²) < 4.78 is 0. The lowest BCUT2D eigenvalue weighted by molar-refractivity contribution is 0.403. The number of rotatable bonds is 5. The van der Waals surface area contributed by atoms with Gasteiger partial charge in [0, 0.05) is 12.5 Å². The fraction of sp³-hybridized carbons (Fsp3) is 0.778. The maximum absolute atomic E-state index is 5.32. The van der Waals surface area contributed by atoms with Gasteiger partial charge in [-0.25, -0.2) is 0 Å². The molecule has 0 rings (SSSR count). The number of nitrogens with one attached hydrogen (secondary N) is 1. The molecule has 0 aliphatic carbocycles. The fourth-order valence-corrected chi connectivity index (χ4v) is 1.00. The molecule has 2 nitrogen and oxygen atoms in total. The van der Waals surface area contributed by atoms with Gasteiger partial charge in [0.1, 0.15) is 0 Å². The maximum atomic E-state index is 5.32. The second-order valence-electron chi connectivity index (χ2n) is 3.02. The molecule has 0 heterocycles. The Morgan fingerprint density at radius 2 is 2.27 bits per heavy atom. The van der Waals surface area contributed by atoms with Crippen LogP contribution in [0.1, 0.15) is 33.1 Å². The third-order valence-electron chi connectivity index (χ3n) is 1.98. The molecule has 0 saturated carbocycles. The SMILES string of the molecule is C#CCC(CC(C)CC)NN. The van der Waals surface area contributed by atoms with E-state index in [1.54, 1.807) is 0 Å². The highest BCUT2D eigenvalue weighted by Gasteiger charge is 2.08. The standard InChI is InChI=1S/C9H18N2/c1-4-6-9(11-10)7-8(3)5-2/h1,8-9,11H,5-7,10H2,2-3H3. The van der Waals surface area contributed by atoms with Crippen LogP contribution >= 0.6 is 0 Å². The molecular weight excluding hydrogens is 136 g/mol. The van der Waals surface area contributed by atoms with E-state index in [4.69, 9.17) is 12.3 Å². The average molecular weight is 154 g/mol. The van der Waals surface area contributed by atoms with Gasteiger partial charge in [0.05, 0.1) is 0 Å². The molecule has 2 unspecified atom stereocenters. The molecule has 0 aromatic carbocycles. The highest BCUT2D eigenvalue weighted by molar-refractivity contribution is 4.89. The van der Waals surface area contributed by atoms with Crippen LogP contribution in [-0.2, 0) is 0 Å². The van der Waals surface area contributed by atoms with Crippen molar-refractivity contribution in [2.24, 2.45) is 11.8 Å². The number of terminal acetylenes is 1. The van der Waals surface area contributed by atoms with Crippen LogP contribution in [0.3, 0.4) is 0 Å². The van der Waals surface area contributed by atoms with Crippen molar-refractivity contribution >= 4 is 0 Å². The van der Waals surface area contributed by atoms with E-state index in [1.807, 2.05) is 0 Å². The van der Waals surface area contributed by atoms with Crippen LogP contribution in [0.25, 0.3) is 0 Å². The highest BCUT2D eigenvalue weighted by Crippen LogP contribution is 2.10. The van der Waals surface area contributed by atoms with Crippen LogP contribution in [0.2, 0.25) is 0 Å². The van der Waals surface area contributed by atoms with E-state index < -0.39 is 0 Å². The Bertz CT molecular complexity index is 126. The van der Waals surface area contributed by atoms with Gasteiger partial charge in [-0.1, -0.05) is 20.3 Å². The molecule has 0 fully saturated rings. The van der Waals surface area contributed by atoms with Crippen LogP contribution in [0.4, 0.5) is 0 Å². The van der Waals surface area contributed by atoms with Crippen LogP contribution in [0.5, 0.6) is 0 Å². The van der Waals surface area contributed by atoms with Crippen molar-refractivity contribution in [1.82, 2.24) is 5.43 Å². The topological polar surface area (TPSA) is 38.0 Å². The molecular formula is C9H18N2. The van der Waals surface area contributed by atoms with Crippen LogP contribution < -0.4 is 11.3 Å². The lowest BCUT2D eigenvalue weighted by Crippen LogP contribution is -2.35. The van der Waals surface area contributed by atoms with E-state index >= 15 is 0 Å². The zero-order valence-corrected chi connectivity index (χ0v) is 7.43. The summed E-state index contributed by atoms with van der Waals surface area (Å²) in [5.41, 5.74) is 2.73. The van der Waals surface area contributed by atoms with Gasteiger partial charge in [-0.05, 0) is 12.3 Å². The molecule has 64 valence electrons. The molecule has 2 heteroatoms. The molecule has 3 N–H and O–H groups in total. The summed E-state index contributed by atoms with van der Waals surface area (Å²) >= 11 is 0. The largest absolute Gasteiger partial charge is 0.271 e. The van der Waals surface area contributed by atoms with E-state index in [2.05, 4.69) is 25.2 Å². The molecule has 0 aromatic heterocycles. The number of nitrogens with two attached hydrogens (primary N) is 1. The second-order valence-corrected chi connectivity index (χ2v) is 3.02. The van der Waals surface area contributed by atoms with E-state index in [0.29, 0.717) is 5.92 Å². The first-order chi connectivity index (χ1) is 5.24. The first kappa shape index (κ1) is 10.5. The molecule has 0 aromatic rings. The van der Waals surface area contributed by atoms with Gasteiger partial charge in [0.15, 0.2) is 0 Å².